The third-order valence-corrected chi connectivity index (χ3v) is 4.72. The van der Waals surface area contributed by atoms with E-state index in [9.17, 15) is 9.90 Å². The Hall–Kier alpha value is -1.03. The number of rotatable bonds is 1. The van der Waals surface area contributed by atoms with E-state index >= 15 is 0 Å². The van der Waals surface area contributed by atoms with E-state index in [0.29, 0.717) is 13.1 Å². The molecule has 0 aromatic rings. The van der Waals surface area contributed by atoms with E-state index in [-0.39, 0.29) is 23.5 Å². The van der Waals surface area contributed by atoms with E-state index in [2.05, 4.69) is 6.58 Å². The third-order valence-electron chi connectivity index (χ3n) is 4.72. The van der Waals surface area contributed by atoms with Crippen molar-refractivity contribution >= 4 is 6.09 Å². The number of hydrogen-bond donors (Lipinski definition) is 1. The van der Waals surface area contributed by atoms with Crippen molar-refractivity contribution in [3.8, 4) is 0 Å². The quantitative estimate of drug-likeness (QED) is 0.752. The molecule has 1 N–H and O–H groups in total. The zero-order valence-corrected chi connectivity index (χ0v) is 12.9. The van der Waals surface area contributed by atoms with Crippen molar-refractivity contribution < 1.29 is 14.6 Å². The smallest absolute Gasteiger partial charge is 0.410 e. The van der Waals surface area contributed by atoms with E-state index < -0.39 is 5.60 Å². The summed E-state index contributed by atoms with van der Waals surface area (Å²) >= 11 is 0. The average Bonchev–Trinajstić information content (AvgIpc) is 2.65. The summed E-state index contributed by atoms with van der Waals surface area (Å²) in [7, 11) is 0. The first-order chi connectivity index (χ1) is 9.27. The number of carbonyl (C=O) groups excluding carboxylic acids is 1. The van der Waals surface area contributed by atoms with Crippen LogP contribution in [-0.4, -0.2) is 40.9 Å². The molecule has 114 valence electrons. The Morgan fingerprint density at radius 1 is 1.35 bits per heavy atom. The highest BCUT2D eigenvalue weighted by Gasteiger charge is 2.48. The van der Waals surface area contributed by atoms with Crippen molar-refractivity contribution in [1.29, 1.82) is 0 Å². The van der Waals surface area contributed by atoms with Crippen LogP contribution in [0.4, 0.5) is 4.79 Å². The van der Waals surface area contributed by atoms with Crippen LogP contribution in [0.15, 0.2) is 12.7 Å². The van der Waals surface area contributed by atoms with Crippen molar-refractivity contribution in [2.75, 3.05) is 13.1 Å². The van der Waals surface area contributed by atoms with Crippen molar-refractivity contribution in [3.63, 3.8) is 0 Å². The first-order valence-corrected chi connectivity index (χ1v) is 7.56. The van der Waals surface area contributed by atoms with Gasteiger partial charge in [-0.25, -0.2) is 4.79 Å². The number of piperidine rings is 1. The summed E-state index contributed by atoms with van der Waals surface area (Å²) in [5.74, 6) is 0.170. The SMILES string of the molecule is C=CC1C(O)CCC12CCN(C(=O)OC(C)(C)C)CC2. The summed E-state index contributed by atoms with van der Waals surface area (Å²) in [6, 6.07) is 0. The molecule has 1 saturated heterocycles. The predicted molar refractivity (Wildman–Crippen MR) is 78.4 cm³/mol. The van der Waals surface area contributed by atoms with Crippen LogP contribution in [0.1, 0.15) is 46.5 Å². The average molecular weight is 281 g/mol. The monoisotopic (exact) mass is 281 g/mol. The molecule has 2 fully saturated rings. The van der Waals surface area contributed by atoms with Gasteiger partial charge in [0, 0.05) is 19.0 Å². The molecule has 4 heteroatoms. The Morgan fingerprint density at radius 3 is 2.45 bits per heavy atom. The van der Waals surface area contributed by atoms with Crippen molar-refractivity contribution in [3.05, 3.63) is 12.7 Å². The molecular weight excluding hydrogens is 254 g/mol. The molecule has 1 heterocycles. The molecule has 20 heavy (non-hydrogen) atoms. The highest BCUT2D eigenvalue weighted by molar-refractivity contribution is 5.68. The first-order valence-electron chi connectivity index (χ1n) is 7.56. The molecule has 2 atom stereocenters. The lowest BCUT2D eigenvalue weighted by Gasteiger charge is -2.42. The highest BCUT2D eigenvalue weighted by Crippen LogP contribution is 2.51. The van der Waals surface area contributed by atoms with Crippen LogP contribution in [0, 0.1) is 11.3 Å². The van der Waals surface area contributed by atoms with Gasteiger partial charge in [-0.15, -0.1) is 6.58 Å². The summed E-state index contributed by atoms with van der Waals surface area (Å²) in [6.07, 6.45) is 5.17. The van der Waals surface area contributed by atoms with Crippen LogP contribution in [0.5, 0.6) is 0 Å². The second-order valence-corrected chi connectivity index (χ2v) is 7.20. The van der Waals surface area contributed by atoms with E-state index in [1.165, 1.54) is 0 Å². The highest BCUT2D eigenvalue weighted by atomic mass is 16.6. The number of carbonyl (C=O) groups is 1. The Labute approximate surface area is 121 Å². The second kappa shape index (κ2) is 5.40. The maximum atomic E-state index is 12.1. The van der Waals surface area contributed by atoms with Gasteiger partial charge in [-0.05, 0) is 51.9 Å². The fourth-order valence-electron chi connectivity index (χ4n) is 3.64. The summed E-state index contributed by atoms with van der Waals surface area (Å²) in [4.78, 5) is 13.9. The molecule has 1 aliphatic heterocycles. The Balaban J connectivity index is 1.95. The van der Waals surface area contributed by atoms with Crippen LogP contribution < -0.4 is 0 Å². The van der Waals surface area contributed by atoms with Gasteiger partial charge in [-0.2, -0.15) is 0 Å². The summed E-state index contributed by atoms with van der Waals surface area (Å²) in [6.45, 7) is 11.0. The van der Waals surface area contributed by atoms with Crippen molar-refractivity contribution in [2.45, 2.75) is 58.2 Å². The number of hydrogen-bond acceptors (Lipinski definition) is 3. The largest absolute Gasteiger partial charge is 0.444 e. The van der Waals surface area contributed by atoms with Crippen LogP contribution in [0.2, 0.25) is 0 Å². The van der Waals surface area contributed by atoms with Gasteiger partial charge in [-0.1, -0.05) is 6.08 Å². The molecule has 2 aliphatic rings. The number of ether oxygens (including phenoxy) is 1. The molecule has 4 nitrogen and oxygen atoms in total. The fraction of sp³-hybridized carbons (Fsp3) is 0.812. The van der Waals surface area contributed by atoms with Crippen LogP contribution in [0.3, 0.4) is 0 Å². The lowest BCUT2D eigenvalue weighted by Crippen LogP contribution is -2.46. The van der Waals surface area contributed by atoms with E-state index in [0.717, 1.165) is 25.7 Å². The Bertz CT molecular complexity index is 378. The van der Waals surface area contributed by atoms with Gasteiger partial charge in [0.05, 0.1) is 6.10 Å². The van der Waals surface area contributed by atoms with Crippen LogP contribution in [-0.2, 0) is 4.74 Å². The third kappa shape index (κ3) is 3.00. The molecule has 2 unspecified atom stereocenters. The van der Waals surface area contributed by atoms with Crippen molar-refractivity contribution in [2.24, 2.45) is 11.3 Å². The molecule has 0 aromatic carbocycles. The standard InChI is InChI=1S/C16H27NO3/c1-5-12-13(18)6-7-16(12)8-10-17(11-9-16)14(19)20-15(2,3)4/h5,12-13,18H,1,6-11H2,2-4H3. The molecule has 1 spiro atoms. The van der Waals surface area contributed by atoms with Crippen molar-refractivity contribution in [1.82, 2.24) is 4.90 Å². The summed E-state index contributed by atoms with van der Waals surface area (Å²) in [5, 5.41) is 10.1. The summed E-state index contributed by atoms with van der Waals surface area (Å²) in [5.41, 5.74) is -0.306. The number of likely N-dealkylation sites (tertiary alicyclic amines) is 1. The lowest BCUT2D eigenvalue weighted by molar-refractivity contribution is 0.00255. The predicted octanol–water partition coefficient (Wildman–Crippen LogP) is 2.96. The Morgan fingerprint density at radius 2 is 1.95 bits per heavy atom. The van der Waals surface area contributed by atoms with E-state index in [1.807, 2.05) is 26.8 Å². The minimum Gasteiger partial charge on any atom is -0.444 e. The second-order valence-electron chi connectivity index (χ2n) is 7.20. The normalized spacial score (nSPS) is 29.5. The number of amides is 1. The van der Waals surface area contributed by atoms with Gasteiger partial charge < -0.3 is 14.7 Å². The van der Waals surface area contributed by atoms with Gasteiger partial charge in [-0.3, -0.25) is 0 Å². The number of aliphatic hydroxyl groups excluding tert-OH is 1. The molecule has 1 aliphatic carbocycles. The minimum atomic E-state index is -0.445. The zero-order valence-electron chi connectivity index (χ0n) is 12.9. The maximum Gasteiger partial charge on any atom is 0.410 e. The number of aliphatic hydroxyl groups is 1. The molecule has 0 aromatic heterocycles. The van der Waals surface area contributed by atoms with Gasteiger partial charge in [0.15, 0.2) is 0 Å². The zero-order chi connectivity index (χ0) is 15.0. The molecule has 0 bridgehead atoms. The van der Waals surface area contributed by atoms with Crippen LogP contribution >= 0.6 is 0 Å². The fourth-order valence-corrected chi connectivity index (χ4v) is 3.64. The summed E-state index contributed by atoms with van der Waals surface area (Å²) < 4.78 is 5.42. The Kier molecular flexibility index (Phi) is 4.14. The van der Waals surface area contributed by atoms with Gasteiger partial charge in [0.1, 0.15) is 5.60 Å². The van der Waals surface area contributed by atoms with Crippen LogP contribution in [0.25, 0.3) is 0 Å². The first kappa shape index (κ1) is 15.4. The molecule has 0 radical (unpaired) electrons. The molecule has 2 rings (SSSR count). The van der Waals surface area contributed by atoms with Gasteiger partial charge >= 0.3 is 6.09 Å². The van der Waals surface area contributed by atoms with E-state index in [1.54, 1.807) is 4.90 Å². The van der Waals surface area contributed by atoms with E-state index in [4.69, 9.17) is 4.74 Å². The topological polar surface area (TPSA) is 49.8 Å². The molecular formula is C16H27NO3. The maximum absolute atomic E-state index is 12.1. The lowest BCUT2D eigenvalue weighted by atomic mass is 9.70. The minimum absolute atomic E-state index is 0.139. The molecule has 1 saturated carbocycles. The molecule has 1 amide bonds. The van der Waals surface area contributed by atoms with Gasteiger partial charge in [0.25, 0.3) is 0 Å². The number of nitrogens with zero attached hydrogens (tertiary/aromatic N) is 1. The van der Waals surface area contributed by atoms with Gasteiger partial charge in [0.2, 0.25) is 0 Å².